The normalized spacial score (nSPS) is 21.8. The summed E-state index contributed by atoms with van der Waals surface area (Å²) in [5.74, 6) is -0.868. The Labute approximate surface area is 128 Å². The number of rotatable bonds is 2. The van der Waals surface area contributed by atoms with Gasteiger partial charge in [0.15, 0.2) is 0 Å². The summed E-state index contributed by atoms with van der Waals surface area (Å²) >= 11 is 0. The number of hydrogen-bond acceptors (Lipinski definition) is 3. The second-order valence-electron chi connectivity index (χ2n) is 5.89. The van der Waals surface area contributed by atoms with E-state index < -0.39 is 12.0 Å². The zero-order chi connectivity index (χ0) is 15.7. The molecule has 1 aromatic heterocycles. The second-order valence-corrected chi connectivity index (χ2v) is 5.89. The number of fused-ring (bicyclic) bond motifs is 1. The lowest BCUT2D eigenvalue weighted by atomic mass is 9.91. The van der Waals surface area contributed by atoms with E-state index in [1.54, 1.807) is 6.20 Å². The lowest BCUT2D eigenvalue weighted by Gasteiger charge is -2.36. The number of carboxylic acid groups (broad SMARTS) is 1. The van der Waals surface area contributed by atoms with Gasteiger partial charge in [-0.1, -0.05) is 31.2 Å². The van der Waals surface area contributed by atoms with E-state index in [1.165, 1.54) is 11.1 Å². The molecule has 1 fully saturated rings. The molecular formula is C17H18N2O3. The van der Waals surface area contributed by atoms with E-state index >= 15 is 0 Å². The van der Waals surface area contributed by atoms with Crippen LogP contribution in [0.5, 0.6) is 0 Å². The van der Waals surface area contributed by atoms with Gasteiger partial charge in [0, 0.05) is 24.3 Å². The Bertz CT molecular complexity index is 723. The van der Waals surface area contributed by atoms with Gasteiger partial charge in [-0.05, 0) is 24.1 Å². The fourth-order valence-corrected chi connectivity index (χ4v) is 3.06. The first-order valence-electron chi connectivity index (χ1n) is 7.44. The van der Waals surface area contributed by atoms with Gasteiger partial charge in [-0.3, -0.25) is 9.78 Å². The molecule has 0 spiro atoms. The lowest BCUT2D eigenvalue weighted by Crippen LogP contribution is -2.49. The SMILES string of the molecule is CC1CCN(C(=O)c2cncc3ccccc23)C(C(=O)O)C1. The Morgan fingerprint density at radius 1 is 1.27 bits per heavy atom. The third-order valence-electron chi connectivity index (χ3n) is 4.31. The maximum atomic E-state index is 12.9. The van der Waals surface area contributed by atoms with Crippen LogP contribution >= 0.6 is 0 Å². The van der Waals surface area contributed by atoms with Crippen LogP contribution in [0.3, 0.4) is 0 Å². The van der Waals surface area contributed by atoms with Crippen molar-refractivity contribution in [1.29, 1.82) is 0 Å². The fraction of sp³-hybridized carbons (Fsp3) is 0.353. The minimum Gasteiger partial charge on any atom is -0.480 e. The highest BCUT2D eigenvalue weighted by molar-refractivity contribution is 6.07. The third kappa shape index (κ3) is 2.54. The Balaban J connectivity index is 1.99. The summed E-state index contributed by atoms with van der Waals surface area (Å²) in [6.07, 6.45) is 4.56. The van der Waals surface area contributed by atoms with Crippen molar-refractivity contribution < 1.29 is 14.7 Å². The molecule has 0 radical (unpaired) electrons. The summed E-state index contributed by atoms with van der Waals surface area (Å²) < 4.78 is 0. The van der Waals surface area contributed by atoms with Crippen molar-refractivity contribution in [3.63, 3.8) is 0 Å². The van der Waals surface area contributed by atoms with Crippen LogP contribution in [0, 0.1) is 5.92 Å². The molecule has 1 amide bonds. The molecule has 1 aliphatic rings. The minimum absolute atomic E-state index is 0.247. The van der Waals surface area contributed by atoms with E-state index in [0.717, 1.165) is 17.2 Å². The molecule has 1 aromatic carbocycles. The molecule has 2 atom stereocenters. The highest BCUT2D eigenvalue weighted by atomic mass is 16.4. The van der Waals surface area contributed by atoms with Crippen molar-refractivity contribution in [2.45, 2.75) is 25.8 Å². The summed E-state index contributed by atoms with van der Waals surface area (Å²) in [5.41, 5.74) is 0.471. The highest BCUT2D eigenvalue weighted by Crippen LogP contribution is 2.26. The Morgan fingerprint density at radius 3 is 2.82 bits per heavy atom. The van der Waals surface area contributed by atoms with Crippen LogP contribution in [0.1, 0.15) is 30.1 Å². The third-order valence-corrected chi connectivity index (χ3v) is 4.31. The summed E-state index contributed by atoms with van der Waals surface area (Å²) in [5, 5.41) is 11.1. The molecule has 3 rings (SSSR count). The van der Waals surface area contributed by atoms with Crippen molar-refractivity contribution in [2.24, 2.45) is 5.92 Å². The monoisotopic (exact) mass is 298 g/mol. The van der Waals surface area contributed by atoms with Crippen LogP contribution in [0.2, 0.25) is 0 Å². The van der Waals surface area contributed by atoms with Crippen LogP contribution in [0.4, 0.5) is 0 Å². The molecule has 0 aliphatic carbocycles. The van der Waals surface area contributed by atoms with Crippen molar-refractivity contribution in [2.75, 3.05) is 6.54 Å². The number of nitrogens with zero attached hydrogens (tertiary/aromatic N) is 2. The van der Waals surface area contributed by atoms with E-state index in [9.17, 15) is 14.7 Å². The van der Waals surface area contributed by atoms with Crippen LogP contribution < -0.4 is 0 Å². The second kappa shape index (κ2) is 5.75. The highest BCUT2D eigenvalue weighted by Gasteiger charge is 2.35. The number of carbonyl (C=O) groups excluding carboxylic acids is 1. The number of hydrogen-bond donors (Lipinski definition) is 1. The molecule has 1 aliphatic heterocycles. The number of piperidine rings is 1. The maximum absolute atomic E-state index is 12.9. The first-order chi connectivity index (χ1) is 10.6. The van der Waals surface area contributed by atoms with E-state index in [4.69, 9.17) is 0 Å². The van der Waals surface area contributed by atoms with Gasteiger partial charge >= 0.3 is 5.97 Å². The number of pyridine rings is 1. The molecule has 0 bridgehead atoms. The lowest BCUT2D eigenvalue weighted by molar-refractivity contribution is -0.144. The molecule has 5 nitrogen and oxygen atoms in total. The van der Waals surface area contributed by atoms with Crippen molar-refractivity contribution >= 4 is 22.6 Å². The molecule has 5 heteroatoms. The van der Waals surface area contributed by atoms with E-state index in [0.29, 0.717) is 24.4 Å². The van der Waals surface area contributed by atoms with Gasteiger partial charge < -0.3 is 10.0 Å². The quantitative estimate of drug-likeness (QED) is 0.925. The van der Waals surface area contributed by atoms with Crippen LogP contribution in [0.25, 0.3) is 10.8 Å². The molecule has 1 saturated heterocycles. The standard InChI is InChI=1S/C17H18N2O3/c1-11-6-7-19(15(8-11)17(21)22)16(20)14-10-18-9-12-4-2-3-5-13(12)14/h2-5,9-11,15H,6-8H2,1H3,(H,21,22). The summed E-state index contributed by atoms with van der Waals surface area (Å²) in [7, 11) is 0. The van der Waals surface area contributed by atoms with Crippen molar-refractivity contribution in [3.05, 3.63) is 42.2 Å². The Kier molecular flexibility index (Phi) is 3.79. The zero-order valence-electron chi connectivity index (χ0n) is 12.4. The Hall–Kier alpha value is -2.43. The van der Waals surface area contributed by atoms with Gasteiger partial charge in [-0.2, -0.15) is 0 Å². The molecule has 22 heavy (non-hydrogen) atoms. The predicted octanol–water partition coefficient (Wildman–Crippen LogP) is 2.56. The number of likely N-dealkylation sites (tertiary alicyclic amines) is 1. The maximum Gasteiger partial charge on any atom is 0.326 e. The largest absolute Gasteiger partial charge is 0.480 e. The number of carboxylic acids is 1. The average molecular weight is 298 g/mol. The smallest absolute Gasteiger partial charge is 0.326 e. The van der Waals surface area contributed by atoms with Crippen molar-refractivity contribution in [3.8, 4) is 0 Å². The Morgan fingerprint density at radius 2 is 2.05 bits per heavy atom. The number of aliphatic carboxylic acids is 1. The summed E-state index contributed by atoms with van der Waals surface area (Å²) in [4.78, 5) is 30.0. The van der Waals surface area contributed by atoms with Gasteiger partial charge in [0.2, 0.25) is 0 Å². The van der Waals surface area contributed by atoms with Gasteiger partial charge in [-0.25, -0.2) is 4.79 Å². The van der Waals surface area contributed by atoms with Crippen LogP contribution in [0.15, 0.2) is 36.7 Å². The number of aromatic nitrogens is 1. The minimum atomic E-state index is -0.937. The van der Waals surface area contributed by atoms with E-state index in [2.05, 4.69) is 4.98 Å². The zero-order valence-corrected chi connectivity index (χ0v) is 12.4. The summed E-state index contributed by atoms with van der Waals surface area (Å²) in [6, 6.07) is 6.77. The molecule has 0 saturated carbocycles. The topological polar surface area (TPSA) is 70.5 Å². The van der Waals surface area contributed by atoms with Crippen LogP contribution in [-0.2, 0) is 4.79 Å². The molecule has 2 heterocycles. The number of benzene rings is 1. The average Bonchev–Trinajstić information content (AvgIpc) is 2.53. The number of amides is 1. The van der Waals surface area contributed by atoms with Gasteiger partial charge in [0.25, 0.3) is 5.91 Å². The molecule has 1 N–H and O–H groups in total. The molecule has 114 valence electrons. The van der Waals surface area contributed by atoms with E-state index in [-0.39, 0.29) is 5.91 Å². The molecule has 2 unspecified atom stereocenters. The number of carbonyl (C=O) groups is 2. The first kappa shape index (κ1) is 14.5. The fourth-order valence-electron chi connectivity index (χ4n) is 3.06. The first-order valence-corrected chi connectivity index (χ1v) is 7.44. The van der Waals surface area contributed by atoms with Crippen molar-refractivity contribution in [1.82, 2.24) is 9.88 Å². The van der Waals surface area contributed by atoms with Gasteiger partial charge in [-0.15, -0.1) is 0 Å². The van der Waals surface area contributed by atoms with Crippen LogP contribution in [-0.4, -0.2) is 39.5 Å². The van der Waals surface area contributed by atoms with E-state index in [1.807, 2.05) is 31.2 Å². The molecule has 2 aromatic rings. The molecular weight excluding hydrogens is 280 g/mol. The van der Waals surface area contributed by atoms with Gasteiger partial charge in [0.05, 0.1) is 5.56 Å². The summed E-state index contributed by atoms with van der Waals surface area (Å²) in [6.45, 7) is 2.50. The predicted molar refractivity (Wildman–Crippen MR) is 82.6 cm³/mol. The van der Waals surface area contributed by atoms with Gasteiger partial charge in [0.1, 0.15) is 6.04 Å².